The highest BCUT2D eigenvalue weighted by atomic mass is 14.7. The molecule has 0 aromatic heterocycles. The van der Waals surface area contributed by atoms with Crippen LogP contribution in [0.5, 0.6) is 0 Å². The summed E-state index contributed by atoms with van der Waals surface area (Å²) in [5, 5.41) is 0. The maximum absolute atomic E-state index is 2.44. The molecule has 14 fully saturated rings. The normalized spacial score (nSPS) is 27.3. The lowest BCUT2D eigenvalue weighted by molar-refractivity contribution is -0.220. The zero-order chi connectivity index (χ0) is 87.8. The molecule has 0 amide bonds. The van der Waals surface area contributed by atoms with Crippen molar-refractivity contribution >= 4 is 0 Å². The topological polar surface area (TPSA) is 0 Å². The van der Waals surface area contributed by atoms with E-state index >= 15 is 0 Å². The number of hydrogen-bond acceptors (Lipinski definition) is 0. The average Bonchev–Trinajstić information content (AvgIpc) is 0.797. The number of benzene rings is 2. The number of hydrogen-bond donors (Lipinski definition) is 0. The summed E-state index contributed by atoms with van der Waals surface area (Å²) in [6.07, 6.45) is 65.9. The Bertz CT molecular complexity index is 2720. The third kappa shape index (κ3) is 57.5. The van der Waals surface area contributed by atoms with Crippen molar-refractivity contribution in [3.8, 4) is 0 Å². The van der Waals surface area contributed by atoms with Crippen molar-refractivity contribution < 1.29 is 0 Å². The van der Waals surface area contributed by atoms with Gasteiger partial charge in [0.1, 0.15) is 0 Å². The molecule has 14 aliphatic rings. The summed E-state index contributed by atoms with van der Waals surface area (Å²) in [5.41, 5.74) is 12.2. The summed E-state index contributed by atoms with van der Waals surface area (Å²) in [6.45, 7) is 75.5. The van der Waals surface area contributed by atoms with Crippen LogP contribution in [0.15, 0.2) is 48.5 Å². The first-order chi connectivity index (χ1) is 55.1. The lowest BCUT2D eigenvalue weighted by Gasteiger charge is -2.72. The molecule has 14 aliphatic carbocycles. The molecule has 2 aromatic rings. The Morgan fingerprint density at radius 1 is 0.199 bits per heavy atom. The molecular weight excluding hydrogens is 1630 g/mol. The Morgan fingerprint density at radius 2 is 0.397 bits per heavy atom. The molecular formula is C136H286. The van der Waals surface area contributed by atoms with E-state index < -0.39 is 0 Å². The van der Waals surface area contributed by atoms with Crippen LogP contribution >= 0.6 is 0 Å². The summed E-state index contributed by atoms with van der Waals surface area (Å²) in [5.74, 6) is 20.3. The van der Waals surface area contributed by atoms with E-state index in [9.17, 15) is 0 Å². The first-order valence-electron chi connectivity index (χ1n) is 53.2. The lowest BCUT2D eigenvalue weighted by atomic mass is 9.32. The first-order valence-corrected chi connectivity index (χ1v) is 53.2. The van der Waals surface area contributed by atoms with Crippen LogP contribution in [0.2, 0.25) is 0 Å². The molecule has 830 valence electrons. The fourth-order valence-electron chi connectivity index (χ4n) is 30.5. The zero-order valence-corrected chi connectivity index (χ0v) is 86.4. The molecule has 10 bridgehead atoms. The molecule has 0 saturated heterocycles. The van der Waals surface area contributed by atoms with Gasteiger partial charge in [-0.1, -0.05) is 449 Å². The van der Waals surface area contributed by atoms with Crippen LogP contribution in [0, 0.1) is 174 Å². The van der Waals surface area contributed by atoms with Gasteiger partial charge in [-0.3, -0.25) is 0 Å². The van der Waals surface area contributed by atoms with Gasteiger partial charge in [0, 0.05) is 0 Å². The fraction of sp³-hybridized carbons (Fsp3) is 0.912. The Morgan fingerprint density at radius 3 is 0.632 bits per heavy atom. The van der Waals surface area contributed by atoms with E-state index in [-0.39, 0.29) is 134 Å². The third-order valence-electron chi connectivity index (χ3n) is 31.6. The molecule has 0 radical (unpaired) electrons. The molecule has 2 aromatic carbocycles. The highest BCUT2D eigenvalue weighted by molar-refractivity contribution is 5.25. The Kier molecular flexibility index (Phi) is 89.7. The van der Waals surface area contributed by atoms with Gasteiger partial charge in [0.05, 0.1) is 0 Å². The maximum Gasteiger partial charge on any atom is -0.0256 e. The molecule has 2 atom stereocenters. The van der Waals surface area contributed by atoms with E-state index in [1.165, 1.54) is 241 Å². The van der Waals surface area contributed by atoms with Crippen LogP contribution in [-0.4, -0.2) is 0 Å². The van der Waals surface area contributed by atoms with Crippen LogP contribution in [0.25, 0.3) is 0 Å². The van der Waals surface area contributed by atoms with Crippen LogP contribution in [0.1, 0.15) is 634 Å². The summed E-state index contributed by atoms with van der Waals surface area (Å²) in [6, 6.07) is 18.1. The molecule has 136 heavy (non-hydrogen) atoms. The van der Waals surface area contributed by atoms with Gasteiger partial charge >= 0.3 is 0 Å². The van der Waals surface area contributed by atoms with E-state index in [0.29, 0.717) is 0 Å². The smallest absolute Gasteiger partial charge is 0.0256 e. The fourth-order valence-corrected chi connectivity index (χ4v) is 30.5. The molecule has 2 unspecified atom stereocenters. The largest absolute Gasteiger partial charge is 0.0776 e. The lowest BCUT2D eigenvalue weighted by Crippen LogP contribution is -2.62. The standard InChI is InChI=1S/C18H32.C16H30.C15H28.C14H28.C14H22.C14H28.C14H22.C13H24.18CH4/c1-13(2)6-17-8-15-5-16(9-17)11-18(10-15,12-17)7-14(3)4;1-13(2)11-15-5-8-16(9-6-15,10-7-15)12-14(3)4;1-12(2)9-14-5-7-15(11-14,8-6-14)10-13(3)4;2*1-11(2)9-13-5-7-14(8-6-13)10-12(3)4;2*1-11(2)8-13-6-5-7-14(10-13)9-12(3)4;1-10(2)5-12-7-13(8-12,9-12)6-11(3)4;;;;;;;;;;;;;;;;;;/h13-16H,5-12H2,1-4H3;13-14H,5-12H2,1-4H3;12-13H,5-11H2,1-4H3;11-14H,5-10H2,1-4H3;5-8,11-12H,9-10H2,1-4H3;11-14H,5-10H2,1-4H3;5-7,10-12H,8-9H2,1-4H3;10-11H,5-9H2,1-4H3;18*1H4. The van der Waals surface area contributed by atoms with Crippen LogP contribution < -0.4 is 0 Å². The summed E-state index contributed by atoms with van der Waals surface area (Å²) in [7, 11) is 0. The highest BCUT2D eigenvalue weighted by Crippen LogP contribution is 2.77. The van der Waals surface area contributed by atoms with E-state index in [0.717, 1.165) is 174 Å². The second-order valence-corrected chi connectivity index (χ2v) is 53.3. The molecule has 0 nitrogen and oxygen atoms in total. The predicted molar refractivity (Wildman–Crippen MR) is 651 cm³/mol. The van der Waals surface area contributed by atoms with Crippen LogP contribution in [0.3, 0.4) is 0 Å². The monoisotopic (exact) mass is 1920 g/mol. The van der Waals surface area contributed by atoms with Crippen LogP contribution in [0.4, 0.5) is 0 Å². The Labute approximate surface area is 876 Å². The molecule has 0 aliphatic heterocycles. The average molecular weight is 1920 g/mol. The molecule has 0 spiro atoms. The quantitative estimate of drug-likeness (QED) is 0.0685. The minimum atomic E-state index is 0. The van der Waals surface area contributed by atoms with Gasteiger partial charge in [-0.15, -0.1) is 0 Å². The zero-order valence-electron chi connectivity index (χ0n) is 86.4. The van der Waals surface area contributed by atoms with Crippen molar-refractivity contribution in [3.05, 3.63) is 70.8 Å². The molecule has 0 N–H and O–H groups in total. The highest BCUT2D eigenvalue weighted by Gasteiger charge is 2.66. The minimum Gasteiger partial charge on any atom is -0.0776 e. The van der Waals surface area contributed by atoms with E-state index in [1.54, 1.807) is 64.2 Å². The van der Waals surface area contributed by atoms with Crippen molar-refractivity contribution in [1.82, 2.24) is 0 Å². The second-order valence-electron chi connectivity index (χ2n) is 53.3. The third-order valence-corrected chi connectivity index (χ3v) is 31.6. The molecule has 0 heteroatoms. The van der Waals surface area contributed by atoms with Gasteiger partial charge in [0.2, 0.25) is 0 Å². The number of fused-ring (bicyclic) bond motifs is 5. The van der Waals surface area contributed by atoms with Crippen molar-refractivity contribution in [1.29, 1.82) is 0 Å². The molecule has 16 rings (SSSR count). The van der Waals surface area contributed by atoms with E-state index in [1.807, 2.05) is 0 Å². The summed E-state index contributed by atoms with van der Waals surface area (Å²) < 4.78 is 0. The van der Waals surface area contributed by atoms with Gasteiger partial charge in [-0.05, 0) is 433 Å². The summed E-state index contributed by atoms with van der Waals surface area (Å²) in [4.78, 5) is 0. The predicted octanol–water partition coefficient (Wildman–Crippen LogP) is 49.7. The number of rotatable bonds is 32. The van der Waals surface area contributed by atoms with Gasteiger partial charge in [0.15, 0.2) is 0 Å². The minimum absolute atomic E-state index is 0. The SMILES string of the molecule is C.C.C.C.C.C.C.C.C.C.C.C.C.C.C.C.C.C.CC(C)CC12CC(CC(C)C)(C1)C2.CC(C)CC12CC3CC(C1)CC(CC(C)C)(C3)C2.CC(C)CC12CCC(CC(C)C)(CC1)C2.CC(C)CC12CCC(CC(C)C)(CC1)CC2.CC(C)CC1CCC(CC(C)C)CC1.CC(C)CC1CCCC(CC(C)C)C1.CC(C)Cc1ccc(CC(C)C)cc1.CC(C)Cc1cccc(CC(C)C)c1. The van der Waals surface area contributed by atoms with Crippen molar-refractivity contribution in [3.63, 3.8) is 0 Å². The Hall–Kier alpha value is -1.56. The maximum atomic E-state index is 2.44. The summed E-state index contributed by atoms with van der Waals surface area (Å²) >= 11 is 0. The van der Waals surface area contributed by atoms with Gasteiger partial charge in [0.25, 0.3) is 0 Å². The molecule has 14 saturated carbocycles. The molecule has 0 heterocycles. The van der Waals surface area contributed by atoms with Gasteiger partial charge in [-0.25, -0.2) is 0 Å². The second kappa shape index (κ2) is 75.2. The van der Waals surface area contributed by atoms with Crippen LogP contribution in [-0.2, 0) is 25.7 Å². The van der Waals surface area contributed by atoms with Crippen molar-refractivity contribution in [2.24, 2.45) is 174 Å². The van der Waals surface area contributed by atoms with Crippen molar-refractivity contribution in [2.45, 2.75) is 638 Å². The first kappa shape index (κ1) is 162. The van der Waals surface area contributed by atoms with Gasteiger partial charge < -0.3 is 0 Å². The van der Waals surface area contributed by atoms with E-state index in [2.05, 4.69) is 270 Å². The van der Waals surface area contributed by atoms with E-state index in [4.69, 9.17) is 0 Å². The Balaban J connectivity index is -0.000000114. The van der Waals surface area contributed by atoms with Gasteiger partial charge in [-0.2, -0.15) is 0 Å². The van der Waals surface area contributed by atoms with Crippen molar-refractivity contribution in [2.75, 3.05) is 0 Å².